The summed E-state index contributed by atoms with van der Waals surface area (Å²) in [6.07, 6.45) is -0.00625. The molecular formula is C10H8ClNO3. The third-order valence-corrected chi connectivity index (χ3v) is 2.02. The second-order valence-corrected chi connectivity index (χ2v) is 2.86. The minimum Gasteiger partial charge on any atom is -0.464 e. The summed E-state index contributed by atoms with van der Waals surface area (Å²) in [6.45, 7) is 0. The smallest absolute Gasteiger partial charge is 0.418 e. The van der Waals surface area contributed by atoms with Gasteiger partial charge in [-0.05, 0) is 17.5 Å². The second kappa shape index (κ2) is 4.14. The highest BCUT2D eigenvalue weighted by Gasteiger charge is 2.06. The van der Waals surface area contributed by atoms with Crippen molar-refractivity contribution in [1.82, 2.24) is 4.57 Å². The molecule has 0 aliphatic rings. The molecule has 0 saturated carbocycles. The molecule has 4 nitrogen and oxygen atoms in total. The van der Waals surface area contributed by atoms with Crippen LogP contribution in [-0.2, 0) is 0 Å². The quantitative estimate of drug-likeness (QED) is 0.746. The van der Waals surface area contributed by atoms with Crippen LogP contribution in [0.2, 0.25) is 0 Å². The molecule has 1 heterocycles. The molecule has 0 saturated heterocycles. The van der Waals surface area contributed by atoms with Gasteiger partial charge in [0.2, 0.25) is 0 Å². The van der Waals surface area contributed by atoms with Crippen molar-refractivity contribution in [3.8, 4) is 0 Å². The maximum Gasteiger partial charge on any atom is 0.418 e. The van der Waals surface area contributed by atoms with Crippen LogP contribution in [-0.4, -0.2) is 15.8 Å². The van der Waals surface area contributed by atoms with Crippen LogP contribution in [0.15, 0.2) is 41.3 Å². The fraction of sp³-hybridized carbons (Fsp3) is 0. The van der Waals surface area contributed by atoms with Crippen molar-refractivity contribution in [2.75, 3.05) is 0 Å². The van der Waals surface area contributed by atoms with Gasteiger partial charge in [0.15, 0.2) is 0 Å². The number of aromatic nitrogens is 1. The van der Waals surface area contributed by atoms with Gasteiger partial charge in [-0.2, -0.15) is 0 Å². The molecular weight excluding hydrogens is 218 g/mol. The fourth-order valence-corrected chi connectivity index (χ4v) is 1.34. The maximum atomic E-state index is 11.6. The topological polar surface area (TPSA) is 59.3 Å². The van der Waals surface area contributed by atoms with E-state index in [9.17, 15) is 9.59 Å². The lowest BCUT2D eigenvalue weighted by atomic mass is 10.2. The van der Waals surface area contributed by atoms with Crippen LogP contribution in [0.25, 0.3) is 10.8 Å². The van der Waals surface area contributed by atoms with Gasteiger partial charge in [0, 0.05) is 11.6 Å². The number of carbonyl (C=O) groups is 1. The van der Waals surface area contributed by atoms with E-state index in [0.717, 1.165) is 5.39 Å². The number of nitrogens with zero attached hydrogens (tertiary/aromatic N) is 1. The summed E-state index contributed by atoms with van der Waals surface area (Å²) in [6, 6.07) is 8.48. The summed E-state index contributed by atoms with van der Waals surface area (Å²) < 4.78 is 0.669. The third kappa shape index (κ3) is 1.85. The van der Waals surface area contributed by atoms with Crippen molar-refractivity contribution < 1.29 is 9.90 Å². The summed E-state index contributed by atoms with van der Waals surface area (Å²) in [5, 5.41) is 9.85. The standard InChI is InChI=1S/C10H7NO3.ClH/c12-9-8-4-2-1-3-7(8)5-6-11(9)10(13)14;/h1-6H,(H,13,14);1H. The van der Waals surface area contributed by atoms with E-state index in [2.05, 4.69) is 0 Å². The highest BCUT2D eigenvalue weighted by atomic mass is 35.5. The van der Waals surface area contributed by atoms with Crippen molar-refractivity contribution in [2.24, 2.45) is 0 Å². The summed E-state index contributed by atoms with van der Waals surface area (Å²) in [5.41, 5.74) is -0.504. The van der Waals surface area contributed by atoms with Crippen LogP contribution in [0.5, 0.6) is 0 Å². The number of fused-ring (bicyclic) bond motifs is 1. The molecule has 5 heteroatoms. The maximum absolute atomic E-state index is 11.6. The molecule has 0 spiro atoms. The molecule has 15 heavy (non-hydrogen) atoms. The molecule has 1 aromatic carbocycles. The van der Waals surface area contributed by atoms with Crippen molar-refractivity contribution in [2.45, 2.75) is 0 Å². The third-order valence-electron chi connectivity index (χ3n) is 2.02. The van der Waals surface area contributed by atoms with Gasteiger partial charge < -0.3 is 5.11 Å². The van der Waals surface area contributed by atoms with Crippen LogP contribution < -0.4 is 5.56 Å². The lowest BCUT2D eigenvalue weighted by Gasteiger charge is -2.00. The predicted octanol–water partition coefficient (Wildman–Crippen LogP) is 1.95. The molecule has 0 radical (unpaired) electrons. The number of rotatable bonds is 0. The first kappa shape index (κ1) is 11.3. The Balaban J connectivity index is 0.00000112. The number of halogens is 1. The summed E-state index contributed by atoms with van der Waals surface area (Å²) in [4.78, 5) is 22.2. The summed E-state index contributed by atoms with van der Waals surface area (Å²) in [5.74, 6) is 0. The molecule has 0 bridgehead atoms. The molecule has 78 valence electrons. The molecule has 0 unspecified atom stereocenters. The average Bonchev–Trinajstić information content (AvgIpc) is 2.18. The van der Waals surface area contributed by atoms with Crippen LogP contribution in [0.4, 0.5) is 4.79 Å². The number of carboxylic acid groups (broad SMARTS) is 1. The Kier molecular flexibility index (Phi) is 3.11. The Morgan fingerprint density at radius 3 is 2.53 bits per heavy atom. The Hall–Kier alpha value is -1.81. The highest BCUT2D eigenvalue weighted by molar-refractivity contribution is 5.85. The zero-order chi connectivity index (χ0) is 10.1. The van der Waals surface area contributed by atoms with Gasteiger partial charge in [-0.1, -0.05) is 18.2 Å². The van der Waals surface area contributed by atoms with Gasteiger partial charge in [0.1, 0.15) is 0 Å². The van der Waals surface area contributed by atoms with Crippen LogP contribution in [0.3, 0.4) is 0 Å². The highest BCUT2D eigenvalue weighted by Crippen LogP contribution is 2.07. The monoisotopic (exact) mass is 225 g/mol. The molecule has 2 rings (SSSR count). The molecule has 2 aromatic rings. The minimum atomic E-state index is -1.26. The summed E-state index contributed by atoms with van der Waals surface area (Å²) in [7, 11) is 0. The van der Waals surface area contributed by atoms with E-state index in [1.807, 2.05) is 0 Å². The second-order valence-electron chi connectivity index (χ2n) is 2.86. The molecule has 0 atom stereocenters. The van der Waals surface area contributed by atoms with E-state index in [-0.39, 0.29) is 12.4 Å². The van der Waals surface area contributed by atoms with Crippen molar-refractivity contribution in [1.29, 1.82) is 0 Å². The molecule has 1 aromatic heterocycles. The van der Waals surface area contributed by atoms with Crippen molar-refractivity contribution in [3.63, 3.8) is 0 Å². The number of benzene rings is 1. The number of hydrogen-bond donors (Lipinski definition) is 1. The minimum absolute atomic E-state index is 0. The van der Waals surface area contributed by atoms with Gasteiger partial charge in [0.25, 0.3) is 5.56 Å². The predicted molar refractivity (Wildman–Crippen MR) is 58.9 cm³/mol. The van der Waals surface area contributed by atoms with E-state index in [0.29, 0.717) is 9.95 Å². The fourth-order valence-electron chi connectivity index (χ4n) is 1.34. The molecule has 0 fully saturated rings. The van der Waals surface area contributed by atoms with Crippen LogP contribution in [0.1, 0.15) is 0 Å². The Morgan fingerprint density at radius 2 is 1.87 bits per heavy atom. The van der Waals surface area contributed by atoms with Gasteiger partial charge in [-0.25, -0.2) is 9.36 Å². The van der Waals surface area contributed by atoms with E-state index < -0.39 is 11.7 Å². The molecule has 0 amide bonds. The first-order chi connectivity index (χ1) is 6.70. The lowest BCUT2D eigenvalue weighted by molar-refractivity contribution is 0.195. The van der Waals surface area contributed by atoms with Crippen molar-refractivity contribution >= 4 is 29.3 Å². The van der Waals surface area contributed by atoms with Gasteiger partial charge in [-0.3, -0.25) is 4.79 Å². The summed E-state index contributed by atoms with van der Waals surface area (Å²) >= 11 is 0. The molecule has 0 aliphatic carbocycles. The lowest BCUT2D eigenvalue weighted by Crippen LogP contribution is -2.24. The van der Waals surface area contributed by atoms with Crippen molar-refractivity contribution in [3.05, 3.63) is 46.9 Å². The normalized spacial score (nSPS) is 9.60. The zero-order valence-electron chi connectivity index (χ0n) is 7.58. The number of hydrogen-bond acceptors (Lipinski definition) is 2. The van der Waals surface area contributed by atoms with E-state index in [1.165, 1.54) is 6.20 Å². The zero-order valence-corrected chi connectivity index (χ0v) is 8.40. The van der Waals surface area contributed by atoms with Gasteiger partial charge in [0.05, 0.1) is 0 Å². The van der Waals surface area contributed by atoms with Gasteiger partial charge >= 0.3 is 6.09 Å². The van der Waals surface area contributed by atoms with Crippen LogP contribution >= 0.6 is 12.4 Å². The first-order valence-corrected chi connectivity index (χ1v) is 4.04. The average molecular weight is 226 g/mol. The Morgan fingerprint density at radius 1 is 1.20 bits per heavy atom. The molecule has 1 N–H and O–H groups in total. The van der Waals surface area contributed by atoms with Crippen LogP contribution in [0, 0.1) is 0 Å². The van der Waals surface area contributed by atoms with Gasteiger partial charge in [-0.15, -0.1) is 12.4 Å². The molecule has 0 aliphatic heterocycles. The Bertz CT molecular complexity index is 562. The Labute approximate surface area is 91.2 Å². The first-order valence-electron chi connectivity index (χ1n) is 4.04. The SMILES string of the molecule is Cl.O=C(O)n1ccc2ccccc2c1=O. The van der Waals surface area contributed by atoms with E-state index in [1.54, 1.807) is 30.3 Å². The largest absolute Gasteiger partial charge is 0.464 e. The van der Waals surface area contributed by atoms with E-state index in [4.69, 9.17) is 5.11 Å². The number of pyridine rings is 1. The van der Waals surface area contributed by atoms with E-state index >= 15 is 0 Å².